The first-order chi connectivity index (χ1) is 14.4. The van der Waals surface area contributed by atoms with Crippen molar-refractivity contribution in [3.63, 3.8) is 0 Å². The highest BCUT2D eigenvalue weighted by molar-refractivity contribution is 8.00. The molecular formula is C19H14ClN5O3S2. The zero-order valence-corrected chi connectivity index (χ0v) is 17.7. The number of nitrogens with zero attached hydrogens (tertiary/aromatic N) is 4. The first-order valence-electron chi connectivity index (χ1n) is 9.01. The Bertz CT molecular complexity index is 1430. The van der Waals surface area contributed by atoms with Gasteiger partial charge in [-0.1, -0.05) is 35.5 Å². The Hall–Kier alpha value is -2.53. The Morgan fingerprint density at radius 1 is 1.03 bits per heavy atom. The summed E-state index contributed by atoms with van der Waals surface area (Å²) in [6.07, 6.45) is 5.57. The van der Waals surface area contributed by atoms with Crippen molar-refractivity contribution in [1.82, 2.24) is 19.9 Å². The second-order valence-electron chi connectivity index (χ2n) is 6.76. The third-order valence-corrected chi connectivity index (χ3v) is 7.03. The van der Waals surface area contributed by atoms with E-state index in [0.29, 0.717) is 34.9 Å². The van der Waals surface area contributed by atoms with Crippen molar-refractivity contribution in [2.45, 2.75) is 22.6 Å². The van der Waals surface area contributed by atoms with Crippen molar-refractivity contribution in [2.75, 3.05) is 11.1 Å². The predicted octanol–water partition coefficient (Wildman–Crippen LogP) is 4.26. The van der Waals surface area contributed by atoms with E-state index >= 15 is 0 Å². The molecule has 2 N–H and O–H groups in total. The molecule has 5 rings (SSSR count). The molecule has 0 radical (unpaired) electrons. The zero-order valence-electron chi connectivity index (χ0n) is 15.3. The van der Waals surface area contributed by atoms with Gasteiger partial charge in [0, 0.05) is 17.3 Å². The van der Waals surface area contributed by atoms with Crippen LogP contribution in [0, 0.1) is 0 Å². The van der Waals surface area contributed by atoms with Gasteiger partial charge in [-0.25, -0.2) is 9.97 Å². The standard InChI is InChI=1S/C19H14ClN5O3S2/c20-12-9-23-14-15(25-12)13-16(22-7-6-21-13)19-17(14)24-11-5-1-3-10(18(11)29-19)4-2-8-30(26,27)28/h1,3,5-7,9,24H,2,4,8H2,(H,26,27,28). The van der Waals surface area contributed by atoms with Crippen LogP contribution in [0.2, 0.25) is 5.15 Å². The van der Waals surface area contributed by atoms with Crippen LogP contribution >= 0.6 is 23.4 Å². The highest BCUT2D eigenvalue weighted by atomic mass is 35.5. The van der Waals surface area contributed by atoms with Crippen molar-refractivity contribution >= 4 is 66.9 Å². The van der Waals surface area contributed by atoms with Crippen LogP contribution in [0.3, 0.4) is 0 Å². The number of nitrogens with one attached hydrogen (secondary N) is 1. The highest BCUT2D eigenvalue weighted by Crippen LogP contribution is 2.50. The minimum atomic E-state index is -3.99. The van der Waals surface area contributed by atoms with E-state index in [9.17, 15) is 8.42 Å². The first-order valence-corrected chi connectivity index (χ1v) is 11.8. The van der Waals surface area contributed by atoms with E-state index in [-0.39, 0.29) is 10.9 Å². The molecule has 0 saturated carbocycles. The van der Waals surface area contributed by atoms with Crippen molar-refractivity contribution in [2.24, 2.45) is 0 Å². The lowest BCUT2D eigenvalue weighted by atomic mass is 10.1. The number of fused-ring (bicyclic) bond motifs is 7. The van der Waals surface area contributed by atoms with Crippen LogP contribution in [0.4, 0.5) is 11.4 Å². The molecule has 1 aliphatic heterocycles. The Labute approximate surface area is 180 Å². The number of halogens is 1. The number of rotatable bonds is 4. The Kier molecular flexibility index (Phi) is 4.73. The Morgan fingerprint density at radius 3 is 2.63 bits per heavy atom. The van der Waals surface area contributed by atoms with Gasteiger partial charge in [-0.3, -0.25) is 14.5 Å². The van der Waals surface area contributed by atoms with E-state index in [4.69, 9.17) is 16.2 Å². The van der Waals surface area contributed by atoms with Crippen molar-refractivity contribution in [1.29, 1.82) is 0 Å². The summed E-state index contributed by atoms with van der Waals surface area (Å²) in [6.45, 7) is 0. The van der Waals surface area contributed by atoms with E-state index in [1.807, 2.05) is 18.2 Å². The Morgan fingerprint density at radius 2 is 1.83 bits per heavy atom. The fourth-order valence-corrected chi connectivity index (χ4v) is 5.39. The molecule has 1 aliphatic rings. The van der Waals surface area contributed by atoms with Gasteiger partial charge in [0.25, 0.3) is 10.1 Å². The van der Waals surface area contributed by atoms with Crippen molar-refractivity contribution in [3.8, 4) is 0 Å². The molecule has 2 aromatic carbocycles. The molecular weight excluding hydrogens is 446 g/mol. The maximum atomic E-state index is 11.1. The molecule has 2 aromatic heterocycles. The summed E-state index contributed by atoms with van der Waals surface area (Å²) in [4.78, 5) is 19.7. The molecule has 8 nitrogen and oxygen atoms in total. The fraction of sp³-hybridized carbons (Fsp3) is 0.158. The minimum Gasteiger partial charge on any atom is -0.352 e. The highest BCUT2D eigenvalue weighted by Gasteiger charge is 2.26. The van der Waals surface area contributed by atoms with Crippen LogP contribution < -0.4 is 5.32 Å². The van der Waals surface area contributed by atoms with Gasteiger partial charge >= 0.3 is 0 Å². The number of aromatic nitrogens is 4. The topological polar surface area (TPSA) is 118 Å². The first kappa shape index (κ1) is 19.4. The molecule has 0 bridgehead atoms. The summed E-state index contributed by atoms with van der Waals surface area (Å²) in [5.74, 6) is -0.277. The van der Waals surface area contributed by atoms with Gasteiger partial charge in [-0.15, -0.1) is 0 Å². The molecule has 0 saturated heterocycles. The van der Waals surface area contributed by atoms with E-state index in [2.05, 4.69) is 25.3 Å². The second kappa shape index (κ2) is 7.31. The quantitative estimate of drug-likeness (QED) is 0.300. The van der Waals surface area contributed by atoms with Gasteiger partial charge in [0.05, 0.1) is 28.2 Å². The molecule has 152 valence electrons. The fourth-order valence-electron chi connectivity index (χ4n) is 3.52. The molecule has 4 aromatic rings. The second-order valence-corrected chi connectivity index (χ2v) is 9.74. The summed E-state index contributed by atoms with van der Waals surface area (Å²) in [7, 11) is -3.99. The lowest BCUT2D eigenvalue weighted by Gasteiger charge is -2.24. The molecule has 0 atom stereocenters. The van der Waals surface area contributed by atoms with Gasteiger partial charge in [-0.2, -0.15) is 8.42 Å². The zero-order chi connectivity index (χ0) is 20.9. The lowest BCUT2D eigenvalue weighted by molar-refractivity contribution is 0.481. The maximum Gasteiger partial charge on any atom is 0.264 e. The number of anilines is 2. The SMILES string of the molecule is O=S(=O)(O)CCCc1cccc2c1Sc1c(c3ncc(Cl)nc3c3nccnc13)N2. The largest absolute Gasteiger partial charge is 0.352 e. The van der Waals surface area contributed by atoms with Gasteiger partial charge in [0.2, 0.25) is 0 Å². The lowest BCUT2D eigenvalue weighted by Crippen LogP contribution is -2.08. The average Bonchev–Trinajstić information content (AvgIpc) is 2.72. The van der Waals surface area contributed by atoms with Gasteiger partial charge in [0.15, 0.2) is 0 Å². The van der Waals surface area contributed by atoms with Crippen LogP contribution in [0.1, 0.15) is 12.0 Å². The van der Waals surface area contributed by atoms with Crippen LogP contribution in [0.15, 0.2) is 46.6 Å². The van der Waals surface area contributed by atoms with Crippen LogP contribution in [0.5, 0.6) is 0 Å². The monoisotopic (exact) mass is 459 g/mol. The Balaban J connectivity index is 1.65. The molecule has 0 fully saturated rings. The number of hydrogen-bond acceptors (Lipinski definition) is 8. The van der Waals surface area contributed by atoms with E-state index in [1.165, 1.54) is 18.0 Å². The number of benzene rings is 2. The maximum absolute atomic E-state index is 11.1. The van der Waals surface area contributed by atoms with Gasteiger partial charge in [0.1, 0.15) is 27.2 Å². The summed E-state index contributed by atoms with van der Waals surface area (Å²) in [5, 5.41) is 3.72. The summed E-state index contributed by atoms with van der Waals surface area (Å²) in [6, 6.07) is 5.82. The van der Waals surface area contributed by atoms with Gasteiger partial charge < -0.3 is 5.32 Å². The molecule has 0 aliphatic carbocycles. The third kappa shape index (κ3) is 3.45. The number of hydrogen-bond donors (Lipinski definition) is 2. The van der Waals surface area contributed by atoms with Crippen molar-refractivity contribution in [3.05, 3.63) is 47.5 Å². The van der Waals surface area contributed by atoms with E-state index < -0.39 is 10.1 Å². The molecule has 0 amide bonds. The smallest absolute Gasteiger partial charge is 0.264 e. The van der Waals surface area contributed by atoms with Crippen LogP contribution in [-0.2, 0) is 16.5 Å². The van der Waals surface area contributed by atoms with Crippen LogP contribution in [0.25, 0.3) is 22.1 Å². The normalized spacial score (nSPS) is 13.1. The molecule has 11 heteroatoms. The molecule has 0 spiro atoms. The average molecular weight is 460 g/mol. The molecule has 30 heavy (non-hydrogen) atoms. The van der Waals surface area contributed by atoms with Crippen LogP contribution in [-0.4, -0.2) is 38.7 Å². The predicted molar refractivity (Wildman–Crippen MR) is 116 cm³/mol. The van der Waals surface area contributed by atoms with Gasteiger partial charge in [-0.05, 0) is 24.5 Å². The third-order valence-electron chi connectivity index (χ3n) is 4.75. The van der Waals surface area contributed by atoms with E-state index in [0.717, 1.165) is 26.7 Å². The summed E-state index contributed by atoms with van der Waals surface area (Å²) in [5.41, 5.74) is 5.18. The minimum absolute atomic E-state index is 0.277. The van der Waals surface area contributed by atoms with Crippen molar-refractivity contribution < 1.29 is 13.0 Å². The molecule has 0 unspecified atom stereocenters. The molecule has 3 heterocycles. The summed E-state index contributed by atoms with van der Waals surface area (Å²) < 4.78 is 31.2. The number of aryl methyl sites for hydroxylation is 1. The van der Waals surface area contributed by atoms with E-state index in [1.54, 1.807) is 12.4 Å². The summed E-state index contributed by atoms with van der Waals surface area (Å²) >= 11 is 7.61.